The minimum atomic E-state index is 0.281. The van der Waals surface area contributed by atoms with E-state index in [-0.39, 0.29) is 4.83 Å². The van der Waals surface area contributed by atoms with Crippen molar-refractivity contribution < 1.29 is 9.47 Å². The van der Waals surface area contributed by atoms with Crippen molar-refractivity contribution in [2.24, 2.45) is 0 Å². The first-order valence-electron chi connectivity index (χ1n) is 7.95. The molecule has 1 aliphatic heterocycles. The van der Waals surface area contributed by atoms with Crippen LogP contribution in [0, 0.1) is 0 Å². The maximum absolute atomic E-state index is 6.41. The van der Waals surface area contributed by atoms with E-state index in [0.717, 1.165) is 34.9 Å². The van der Waals surface area contributed by atoms with Crippen LogP contribution in [0.5, 0.6) is 11.5 Å². The van der Waals surface area contributed by atoms with Gasteiger partial charge in [-0.3, -0.25) is 0 Å². The molecule has 0 radical (unpaired) electrons. The molecule has 0 spiro atoms. The molecular formula is C17H24BrClO2. The molecule has 0 bridgehead atoms. The van der Waals surface area contributed by atoms with E-state index in [0.29, 0.717) is 13.2 Å². The monoisotopic (exact) mass is 374 g/mol. The fraction of sp³-hybridized carbons (Fsp3) is 0.647. The second-order valence-corrected chi connectivity index (χ2v) is 7.05. The maximum atomic E-state index is 6.41. The summed E-state index contributed by atoms with van der Waals surface area (Å²) in [5.41, 5.74) is 1.11. The zero-order valence-electron chi connectivity index (χ0n) is 12.7. The van der Waals surface area contributed by atoms with Gasteiger partial charge in [-0.25, -0.2) is 0 Å². The largest absolute Gasteiger partial charge is 0.490 e. The van der Waals surface area contributed by atoms with Crippen LogP contribution in [0.1, 0.15) is 62.3 Å². The summed E-state index contributed by atoms with van der Waals surface area (Å²) in [5.74, 6) is 1.59. The molecule has 21 heavy (non-hydrogen) atoms. The average Bonchev–Trinajstić information content (AvgIpc) is 2.70. The van der Waals surface area contributed by atoms with Crippen LogP contribution < -0.4 is 9.47 Å². The van der Waals surface area contributed by atoms with Crippen molar-refractivity contribution in [3.8, 4) is 11.5 Å². The van der Waals surface area contributed by atoms with Crippen LogP contribution in [0.25, 0.3) is 0 Å². The van der Waals surface area contributed by atoms with Crippen LogP contribution in [0.2, 0.25) is 5.02 Å². The Kier molecular flexibility index (Phi) is 7.18. The zero-order valence-corrected chi connectivity index (χ0v) is 15.0. The first-order valence-corrected chi connectivity index (χ1v) is 9.25. The Morgan fingerprint density at radius 3 is 2.48 bits per heavy atom. The first-order chi connectivity index (χ1) is 10.2. The smallest absolute Gasteiger partial charge is 0.162 e. The standard InChI is InChI=1S/C17H24BrClO2/c1-2-3-4-5-6-8-14(18)13-11-16-17(12-15(13)19)21-10-7-9-20-16/h11-12,14H,2-10H2,1H3. The minimum Gasteiger partial charge on any atom is -0.490 e. The highest BCUT2D eigenvalue weighted by molar-refractivity contribution is 9.09. The number of halogens is 2. The lowest BCUT2D eigenvalue weighted by Gasteiger charge is -2.15. The third-order valence-electron chi connectivity index (χ3n) is 3.77. The average molecular weight is 376 g/mol. The number of ether oxygens (including phenoxy) is 2. The van der Waals surface area contributed by atoms with E-state index in [1.807, 2.05) is 12.1 Å². The fourth-order valence-electron chi connectivity index (χ4n) is 2.52. The van der Waals surface area contributed by atoms with Crippen molar-refractivity contribution in [1.82, 2.24) is 0 Å². The lowest BCUT2D eigenvalue weighted by molar-refractivity contribution is 0.297. The summed E-state index contributed by atoms with van der Waals surface area (Å²) in [7, 11) is 0. The quantitative estimate of drug-likeness (QED) is 0.411. The molecule has 0 fully saturated rings. The summed E-state index contributed by atoms with van der Waals surface area (Å²) in [6, 6.07) is 3.93. The molecule has 1 atom stereocenters. The molecule has 118 valence electrons. The van der Waals surface area contributed by atoms with Crippen LogP contribution in [-0.2, 0) is 0 Å². The Balaban J connectivity index is 1.96. The van der Waals surface area contributed by atoms with E-state index >= 15 is 0 Å². The van der Waals surface area contributed by atoms with Crippen LogP contribution in [0.15, 0.2) is 12.1 Å². The van der Waals surface area contributed by atoms with Crippen molar-refractivity contribution in [3.05, 3.63) is 22.7 Å². The van der Waals surface area contributed by atoms with Crippen LogP contribution in [-0.4, -0.2) is 13.2 Å². The summed E-state index contributed by atoms with van der Waals surface area (Å²) in [4.78, 5) is 0.281. The molecule has 2 rings (SSSR count). The van der Waals surface area contributed by atoms with E-state index in [9.17, 15) is 0 Å². The van der Waals surface area contributed by atoms with Gasteiger partial charge in [-0.15, -0.1) is 0 Å². The van der Waals surface area contributed by atoms with Crippen LogP contribution >= 0.6 is 27.5 Å². The number of hydrogen-bond donors (Lipinski definition) is 0. The third-order valence-corrected chi connectivity index (χ3v) is 5.04. The van der Waals surface area contributed by atoms with Gasteiger partial charge < -0.3 is 9.47 Å². The molecule has 0 saturated heterocycles. The van der Waals surface area contributed by atoms with E-state index in [2.05, 4.69) is 22.9 Å². The molecule has 0 saturated carbocycles. The minimum absolute atomic E-state index is 0.281. The summed E-state index contributed by atoms with van der Waals surface area (Å²) < 4.78 is 11.4. The van der Waals surface area contributed by atoms with Crippen LogP contribution in [0.4, 0.5) is 0 Å². The number of alkyl halides is 1. The fourth-order valence-corrected chi connectivity index (χ4v) is 3.64. The predicted octanol–water partition coefficient (Wildman–Crippen LogP) is 6.30. The number of hydrogen-bond acceptors (Lipinski definition) is 2. The number of benzene rings is 1. The van der Waals surface area contributed by atoms with E-state index in [4.69, 9.17) is 21.1 Å². The summed E-state index contributed by atoms with van der Waals surface area (Å²) in [6.07, 6.45) is 8.47. The first kappa shape index (κ1) is 17.0. The van der Waals surface area contributed by atoms with E-state index < -0.39 is 0 Å². The van der Waals surface area contributed by atoms with Gasteiger partial charge in [0.15, 0.2) is 11.5 Å². The van der Waals surface area contributed by atoms with Gasteiger partial charge in [0.1, 0.15) is 0 Å². The Labute approximate surface area is 141 Å². The van der Waals surface area contributed by atoms with Gasteiger partial charge >= 0.3 is 0 Å². The van der Waals surface area contributed by atoms with Gasteiger partial charge in [0.2, 0.25) is 0 Å². The Bertz CT molecular complexity index is 451. The SMILES string of the molecule is CCCCCCCC(Br)c1cc2c(cc1Cl)OCCCO2. The molecule has 0 amide bonds. The molecule has 0 N–H and O–H groups in total. The van der Waals surface area contributed by atoms with E-state index in [1.165, 1.54) is 32.1 Å². The summed E-state index contributed by atoms with van der Waals surface area (Å²) in [5, 5.41) is 0.759. The summed E-state index contributed by atoms with van der Waals surface area (Å²) in [6.45, 7) is 3.64. The molecule has 2 nitrogen and oxygen atoms in total. The molecule has 1 heterocycles. The third kappa shape index (κ3) is 5.07. The van der Waals surface area contributed by atoms with Crippen molar-refractivity contribution in [1.29, 1.82) is 0 Å². The number of fused-ring (bicyclic) bond motifs is 1. The Morgan fingerprint density at radius 2 is 1.76 bits per heavy atom. The highest BCUT2D eigenvalue weighted by Crippen LogP contribution is 2.41. The van der Waals surface area contributed by atoms with Gasteiger partial charge in [0.05, 0.1) is 13.2 Å². The molecule has 1 aromatic rings. The molecule has 1 aliphatic rings. The molecule has 0 aromatic heterocycles. The zero-order chi connectivity index (χ0) is 15.1. The normalized spacial score (nSPS) is 15.6. The Hall–Kier alpha value is -0.410. The molecule has 0 aliphatic carbocycles. The molecule has 1 aromatic carbocycles. The topological polar surface area (TPSA) is 18.5 Å². The predicted molar refractivity (Wildman–Crippen MR) is 92.1 cm³/mol. The summed E-state index contributed by atoms with van der Waals surface area (Å²) >= 11 is 10.2. The lowest BCUT2D eigenvalue weighted by atomic mass is 10.0. The van der Waals surface area contributed by atoms with Gasteiger partial charge in [-0.1, -0.05) is 66.6 Å². The molecular weight excluding hydrogens is 352 g/mol. The van der Waals surface area contributed by atoms with Crippen molar-refractivity contribution in [3.63, 3.8) is 0 Å². The van der Waals surface area contributed by atoms with Crippen molar-refractivity contribution in [2.45, 2.75) is 56.7 Å². The molecule has 4 heteroatoms. The van der Waals surface area contributed by atoms with Crippen LogP contribution in [0.3, 0.4) is 0 Å². The molecule has 1 unspecified atom stereocenters. The highest BCUT2D eigenvalue weighted by Gasteiger charge is 2.18. The second kappa shape index (κ2) is 8.89. The van der Waals surface area contributed by atoms with Gasteiger partial charge in [-0.2, -0.15) is 0 Å². The highest BCUT2D eigenvalue weighted by atomic mass is 79.9. The van der Waals surface area contributed by atoms with Crippen molar-refractivity contribution in [2.75, 3.05) is 13.2 Å². The van der Waals surface area contributed by atoms with Gasteiger partial charge in [-0.05, 0) is 18.1 Å². The van der Waals surface area contributed by atoms with Crippen molar-refractivity contribution >= 4 is 27.5 Å². The Morgan fingerprint density at radius 1 is 1.10 bits per heavy atom. The second-order valence-electron chi connectivity index (χ2n) is 5.54. The number of rotatable bonds is 7. The number of unbranched alkanes of at least 4 members (excludes halogenated alkanes) is 4. The maximum Gasteiger partial charge on any atom is 0.162 e. The van der Waals surface area contributed by atoms with E-state index in [1.54, 1.807) is 0 Å². The van der Waals surface area contributed by atoms with Gasteiger partial charge in [0, 0.05) is 22.3 Å². The lowest BCUT2D eigenvalue weighted by Crippen LogP contribution is -1.97. The van der Waals surface area contributed by atoms with Gasteiger partial charge in [0.25, 0.3) is 0 Å².